The Morgan fingerprint density at radius 3 is 2.62 bits per heavy atom. The first-order valence-corrected chi connectivity index (χ1v) is 11.1. The van der Waals surface area contributed by atoms with Crippen molar-refractivity contribution in [3.63, 3.8) is 0 Å². The third kappa shape index (κ3) is 6.20. The fourth-order valence-electron chi connectivity index (χ4n) is 3.39. The van der Waals surface area contributed by atoms with Gasteiger partial charge < -0.3 is 15.0 Å². The van der Waals surface area contributed by atoms with Crippen LogP contribution >= 0.6 is 0 Å². The molecule has 26 heavy (non-hydrogen) atoms. The Morgan fingerprint density at radius 2 is 2.00 bits per heavy atom. The molecule has 2 atom stereocenters. The van der Waals surface area contributed by atoms with Gasteiger partial charge in [-0.05, 0) is 50.7 Å². The van der Waals surface area contributed by atoms with Crippen molar-refractivity contribution in [2.75, 3.05) is 31.7 Å². The van der Waals surface area contributed by atoms with Crippen LogP contribution in [0.2, 0.25) is 0 Å². The molecule has 1 aliphatic heterocycles. The lowest BCUT2D eigenvalue weighted by Crippen LogP contribution is -2.50. The number of amides is 2. The zero-order valence-electron chi connectivity index (χ0n) is 16.1. The van der Waals surface area contributed by atoms with Gasteiger partial charge in [-0.1, -0.05) is 18.2 Å². The van der Waals surface area contributed by atoms with E-state index in [1.807, 2.05) is 39.0 Å². The number of hydrogen-bond donors (Lipinski definition) is 1. The molecule has 7 heteroatoms. The number of carbonyl (C=O) groups is 1. The van der Waals surface area contributed by atoms with E-state index in [0.29, 0.717) is 19.7 Å². The van der Waals surface area contributed by atoms with Crippen molar-refractivity contribution in [3.8, 4) is 5.75 Å². The highest BCUT2D eigenvalue weighted by Gasteiger charge is 2.26. The highest BCUT2D eigenvalue weighted by Crippen LogP contribution is 2.22. The van der Waals surface area contributed by atoms with Crippen LogP contribution in [0.25, 0.3) is 0 Å². The van der Waals surface area contributed by atoms with E-state index in [-0.39, 0.29) is 23.7 Å². The van der Waals surface area contributed by atoms with Gasteiger partial charge >= 0.3 is 6.03 Å². The maximum absolute atomic E-state index is 12.5. The number of para-hydroxylation sites is 1. The predicted octanol–water partition coefficient (Wildman–Crippen LogP) is 2.54. The van der Waals surface area contributed by atoms with Gasteiger partial charge in [0.05, 0.1) is 11.8 Å². The third-order valence-corrected chi connectivity index (χ3v) is 5.68. The summed E-state index contributed by atoms with van der Waals surface area (Å²) in [4.78, 5) is 14.2. The predicted molar refractivity (Wildman–Crippen MR) is 103 cm³/mol. The number of nitrogens with zero attached hydrogens (tertiary/aromatic N) is 1. The van der Waals surface area contributed by atoms with Crippen molar-refractivity contribution in [1.29, 1.82) is 0 Å². The highest BCUT2D eigenvalue weighted by atomic mass is 32.2. The zero-order valence-corrected chi connectivity index (χ0v) is 16.9. The van der Waals surface area contributed by atoms with Crippen LogP contribution in [0.1, 0.15) is 30.9 Å². The van der Waals surface area contributed by atoms with Gasteiger partial charge in [-0.25, -0.2) is 13.2 Å². The average molecular weight is 383 g/mol. The smallest absolute Gasteiger partial charge is 0.317 e. The molecular weight excluding hydrogens is 352 g/mol. The number of piperidine rings is 1. The molecule has 146 valence electrons. The van der Waals surface area contributed by atoms with Crippen LogP contribution in [-0.4, -0.2) is 57.1 Å². The molecule has 2 rings (SSSR count). The van der Waals surface area contributed by atoms with Crippen LogP contribution in [0.4, 0.5) is 4.79 Å². The molecule has 1 aromatic rings. The van der Waals surface area contributed by atoms with Gasteiger partial charge in [-0.2, -0.15) is 0 Å². The van der Waals surface area contributed by atoms with Crippen molar-refractivity contribution in [2.24, 2.45) is 5.92 Å². The fraction of sp³-hybridized carbons (Fsp3) is 0.632. The standard InChI is InChI=1S/C19H30N2O4S/c1-14-7-5-8-15(2)18(14)25-12-16(3)20-19(22)21-10-6-9-17(11-21)13-26(4,23)24/h5,7-8,16-17H,6,9-13H2,1-4H3,(H,20,22)/t16-,17+/m1/s1. The number of urea groups is 1. The van der Waals surface area contributed by atoms with Crippen LogP contribution in [0, 0.1) is 19.8 Å². The van der Waals surface area contributed by atoms with Crippen molar-refractivity contribution in [2.45, 2.75) is 39.7 Å². The lowest BCUT2D eigenvalue weighted by Gasteiger charge is -2.33. The molecule has 0 radical (unpaired) electrons. The lowest BCUT2D eigenvalue weighted by atomic mass is 10.0. The van der Waals surface area contributed by atoms with E-state index in [4.69, 9.17) is 4.74 Å². The summed E-state index contributed by atoms with van der Waals surface area (Å²) in [6.07, 6.45) is 2.93. The molecule has 0 spiro atoms. The quantitative estimate of drug-likeness (QED) is 0.820. The maximum atomic E-state index is 12.5. The highest BCUT2D eigenvalue weighted by molar-refractivity contribution is 7.90. The van der Waals surface area contributed by atoms with Crippen molar-refractivity contribution < 1.29 is 17.9 Å². The van der Waals surface area contributed by atoms with Gasteiger partial charge in [0.2, 0.25) is 0 Å². The molecule has 0 aliphatic carbocycles. The molecule has 6 nitrogen and oxygen atoms in total. The summed E-state index contributed by atoms with van der Waals surface area (Å²) in [6, 6.07) is 5.70. The van der Waals surface area contributed by atoms with E-state index >= 15 is 0 Å². The summed E-state index contributed by atoms with van der Waals surface area (Å²) in [5.41, 5.74) is 2.14. The summed E-state index contributed by atoms with van der Waals surface area (Å²) in [7, 11) is -3.02. The number of nitrogens with one attached hydrogen (secondary N) is 1. The summed E-state index contributed by atoms with van der Waals surface area (Å²) >= 11 is 0. The monoisotopic (exact) mass is 382 g/mol. The molecule has 1 aliphatic rings. The third-order valence-electron chi connectivity index (χ3n) is 4.60. The largest absolute Gasteiger partial charge is 0.491 e. The SMILES string of the molecule is Cc1cccc(C)c1OC[C@@H](C)NC(=O)N1CCC[C@H](CS(C)(=O)=O)C1. The van der Waals surface area contributed by atoms with Gasteiger partial charge in [-0.3, -0.25) is 0 Å². The fourth-order valence-corrected chi connectivity index (χ4v) is 4.52. The maximum Gasteiger partial charge on any atom is 0.317 e. The molecule has 1 aromatic carbocycles. The van der Waals surface area contributed by atoms with Crippen LogP contribution in [-0.2, 0) is 9.84 Å². The van der Waals surface area contributed by atoms with E-state index < -0.39 is 9.84 Å². The van der Waals surface area contributed by atoms with Gasteiger partial charge in [0.25, 0.3) is 0 Å². The molecule has 0 saturated carbocycles. The van der Waals surface area contributed by atoms with Gasteiger partial charge in [0, 0.05) is 19.3 Å². The van der Waals surface area contributed by atoms with Crippen molar-refractivity contribution in [1.82, 2.24) is 10.2 Å². The van der Waals surface area contributed by atoms with Crippen molar-refractivity contribution in [3.05, 3.63) is 29.3 Å². The van der Waals surface area contributed by atoms with Crippen LogP contribution < -0.4 is 10.1 Å². The summed E-state index contributed by atoms with van der Waals surface area (Å²) in [5, 5.41) is 2.95. The Bertz CT molecular complexity index is 713. The number of ether oxygens (including phenoxy) is 1. The van der Waals surface area contributed by atoms with Crippen LogP contribution in [0.3, 0.4) is 0 Å². The van der Waals surface area contributed by atoms with E-state index in [1.54, 1.807) is 4.90 Å². The van der Waals surface area contributed by atoms with E-state index in [1.165, 1.54) is 6.26 Å². The van der Waals surface area contributed by atoms with Gasteiger partial charge in [-0.15, -0.1) is 0 Å². The van der Waals surface area contributed by atoms with E-state index in [2.05, 4.69) is 5.32 Å². The minimum Gasteiger partial charge on any atom is -0.491 e. The Hall–Kier alpha value is -1.76. The minimum atomic E-state index is -3.02. The Morgan fingerprint density at radius 1 is 1.35 bits per heavy atom. The molecule has 0 bridgehead atoms. The van der Waals surface area contributed by atoms with Crippen LogP contribution in [0.15, 0.2) is 18.2 Å². The number of carbonyl (C=O) groups excluding carboxylic acids is 1. The first-order chi connectivity index (χ1) is 12.2. The summed E-state index contributed by atoms with van der Waals surface area (Å²) < 4.78 is 28.9. The summed E-state index contributed by atoms with van der Waals surface area (Å²) in [6.45, 7) is 7.45. The lowest BCUT2D eigenvalue weighted by molar-refractivity contribution is 0.162. The first-order valence-electron chi connectivity index (χ1n) is 9.08. The normalized spacial score (nSPS) is 19.1. The zero-order chi connectivity index (χ0) is 19.3. The second kappa shape index (κ2) is 8.75. The molecule has 1 N–H and O–H groups in total. The molecule has 0 aromatic heterocycles. The second-order valence-corrected chi connectivity index (χ2v) is 9.61. The molecular formula is C19H30N2O4S. The number of hydrogen-bond acceptors (Lipinski definition) is 4. The minimum absolute atomic E-state index is 0.0191. The van der Waals surface area contributed by atoms with Gasteiger partial charge in [0.1, 0.15) is 22.2 Å². The second-order valence-electron chi connectivity index (χ2n) is 7.43. The molecule has 1 heterocycles. The number of sulfone groups is 1. The van der Waals surface area contributed by atoms with Crippen LogP contribution in [0.5, 0.6) is 5.75 Å². The molecule has 1 saturated heterocycles. The average Bonchev–Trinajstić information content (AvgIpc) is 2.53. The first kappa shape index (κ1) is 20.6. The molecule has 2 amide bonds. The summed E-state index contributed by atoms with van der Waals surface area (Å²) in [5.74, 6) is 1.02. The molecule has 1 fully saturated rings. The number of benzene rings is 1. The number of aryl methyl sites for hydroxylation is 2. The van der Waals surface area contributed by atoms with E-state index in [0.717, 1.165) is 29.7 Å². The Labute approximate surface area is 156 Å². The Kier molecular flexibility index (Phi) is 6.92. The number of rotatable bonds is 6. The number of likely N-dealkylation sites (tertiary alicyclic amines) is 1. The van der Waals surface area contributed by atoms with E-state index in [9.17, 15) is 13.2 Å². The topological polar surface area (TPSA) is 75.7 Å². The van der Waals surface area contributed by atoms with Gasteiger partial charge in [0.15, 0.2) is 0 Å². The Balaban J connectivity index is 1.84. The molecule has 0 unspecified atom stereocenters. The van der Waals surface area contributed by atoms with Crippen molar-refractivity contribution >= 4 is 15.9 Å².